The monoisotopic (exact) mass is 371 g/mol. The van der Waals surface area contributed by atoms with Gasteiger partial charge in [0.25, 0.3) is 0 Å². The maximum absolute atomic E-state index is 13.2. The van der Waals surface area contributed by atoms with E-state index in [-0.39, 0.29) is 6.04 Å². The lowest BCUT2D eigenvalue weighted by Crippen LogP contribution is -2.21. The first-order valence-electron chi connectivity index (χ1n) is 6.66. The Morgan fingerprint density at radius 1 is 1.10 bits per heavy atom. The van der Waals surface area contributed by atoms with Gasteiger partial charge in [0.2, 0.25) is 0 Å². The predicted octanol–water partition coefficient (Wildman–Crippen LogP) is 5.16. The molecule has 2 rings (SSSR count). The van der Waals surface area contributed by atoms with E-state index in [2.05, 4.69) is 22.9 Å². The first-order chi connectivity index (χ1) is 9.99. The summed E-state index contributed by atoms with van der Waals surface area (Å²) in [5.41, 5.74) is 7.11. The van der Waals surface area contributed by atoms with Gasteiger partial charge in [-0.1, -0.05) is 40.7 Å². The SMILES string of the molecule is CCC(N)Cc1ccc(Sc2ccc(F)c(F)c2)cc1Br. The van der Waals surface area contributed by atoms with E-state index in [0.717, 1.165) is 33.8 Å². The Kier molecular flexibility index (Phi) is 5.79. The van der Waals surface area contributed by atoms with E-state index in [9.17, 15) is 8.78 Å². The minimum absolute atomic E-state index is 0.144. The molecule has 0 spiro atoms. The van der Waals surface area contributed by atoms with Crippen molar-refractivity contribution in [3.05, 3.63) is 58.1 Å². The molecule has 0 saturated carbocycles. The van der Waals surface area contributed by atoms with Crippen LogP contribution in [0.1, 0.15) is 18.9 Å². The Labute approximate surface area is 136 Å². The highest BCUT2D eigenvalue weighted by atomic mass is 79.9. The molecule has 0 amide bonds. The molecule has 0 fully saturated rings. The molecular weight excluding hydrogens is 356 g/mol. The fourth-order valence-electron chi connectivity index (χ4n) is 1.86. The lowest BCUT2D eigenvalue weighted by molar-refractivity contribution is 0.506. The summed E-state index contributed by atoms with van der Waals surface area (Å²) < 4.78 is 27.1. The third kappa shape index (κ3) is 4.53. The van der Waals surface area contributed by atoms with Crippen molar-refractivity contribution in [1.29, 1.82) is 0 Å². The summed E-state index contributed by atoms with van der Waals surface area (Å²) in [6.07, 6.45) is 1.74. The molecule has 0 aromatic heterocycles. The van der Waals surface area contributed by atoms with Crippen molar-refractivity contribution < 1.29 is 8.78 Å². The summed E-state index contributed by atoms with van der Waals surface area (Å²) >= 11 is 4.93. The minimum Gasteiger partial charge on any atom is -0.327 e. The van der Waals surface area contributed by atoms with Crippen LogP contribution in [-0.4, -0.2) is 6.04 Å². The molecule has 2 aromatic carbocycles. The van der Waals surface area contributed by atoms with Gasteiger partial charge in [0, 0.05) is 20.3 Å². The van der Waals surface area contributed by atoms with Crippen LogP contribution >= 0.6 is 27.7 Å². The molecule has 1 unspecified atom stereocenters. The first-order valence-corrected chi connectivity index (χ1v) is 8.27. The molecule has 2 N–H and O–H groups in total. The van der Waals surface area contributed by atoms with Gasteiger partial charge in [0.1, 0.15) is 0 Å². The van der Waals surface area contributed by atoms with Crippen LogP contribution in [0.2, 0.25) is 0 Å². The maximum atomic E-state index is 13.2. The Bertz CT molecular complexity index is 634. The van der Waals surface area contributed by atoms with Crippen LogP contribution in [0.4, 0.5) is 8.78 Å². The van der Waals surface area contributed by atoms with Crippen molar-refractivity contribution >= 4 is 27.7 Å². The second-order valence-corrected chi connectivity index (χ2v) is 6.80. The van der Waals surface area contributed by atoms with Crippen molar-refractivity contribution in [2.24, 2.45) is 5.73 Å². The molecule has 1 atom stereocenters. The fourth-order valence-corrected chi connectivity index (χ4v) is 3.44. The molecule has 5 heteroatoms. The van der Waals surface area contributed by atoms with Gasteiger partial charge in [-0.2, -0.15) is 0 Å². The Morgan fingerprint density at radius 3 is 2.38 bits per heavy atom. The summed E-state index contributed by atoms with van der Waals surface area (Å²) in [5, 5.41) is 0. The van der Waals surface area contributed by atoms with Crippen molar-refractivity contribution in [2.45, 2.75) is 35.6 Å². The van der Waals surface area contributed by atoms with Gasteiger partial charge in [-0.25, -0.2) is 8.78 Å². The van der Waals surface area contributed by atoms with Crippen LogP contribution in [0.5, 0.6) is 0 Å². The van der Waals surface area contributed by atoms with Gasteiger partial charge in [-0.3, -0.25) is 0 Å². The van der Waals surface area contributed by atoms with Crippen LogP contribution < -0.4 is 5.73 Å². The lowest BCUT2D eigenvalue weighted by Gasteiger charge is -2.11. The average Bonchev–Trinajstić information content (AvgIpc) is 2.45. The molecule has 0 bridgehead atoms. The number of nitrogens with two attached hydrogens (primary N) is 1. The topological polar surface area (TPSA) is 26.0 Å². The third-order valence-corrected chi connectivity index (χ3v) is 4.88. The molecule has 21 heavy (non-hydrogen) atoms. The number of hydrogen-bond donors (Lipinski definition) is 1. The Morgan fingerprint density at radius 2 is 1.76 bits per heavy atom. The van der Waals surface area contributed by atoms with Gasteiger partial charge in [0.05, 0.1) is 0 Å². The highest BCUT2D eigenvalue weighted by molar-refractivity contribution is 9.10. The Hall–Kier alpha value is -0.910. The normalized spacial score (nSPS) is 12.4. The standard InChI is InChI=1S/C16H16BrF2NS/c1-2-11(20)7-10-3-4-12(8-14(10)17)21-13-5-6-15(18)16(19)9-13/h3-6,8-9,11H,2,7,20H2,1H3. The first kappa shape index (κ1) is 16.5. The molecule has 1 nitrogen and oxygen atoms in total. The van der Waals surface area contributed by atoms with Crippen LogP contribution in [0.3, 0.4) is 0 Å². The van der Waals surface area contributed by atoms with E-state index in [1.54, 1.807) is 6.07 Å². The van der Waals surface area contributed by atoms with Gasteiger partial charge < -0.3 is 5.73 Å². The second kappa shape index (κ2) is 7.38. The quantitative estimate of drug-likeness (QED) is 0.785. The summed E-state index contributed by atoms with van der Waals surface area (Å²) in [4.78, 5) is 1.63. The van der Waals surface area contributed by atoms with E-state index in [1.807, 2.05) is 18.2 Å². The van der Waals surface area contributed by atoms with Gasteiger partial charge in [-0.05, 0) is 48.7 Å². The molecule has 112 valence electrons. The molecule has 0 aliphatic carbocycles. The Balaban J connectivity index is 2.14. The number of rotatable bonds is 5. The second-order valence-electron chi connectivity index (χ2n) is 4.80. The smallest absolute Gasteiger partial charge is 0.159 e. The van der Waals surface area contributed by atoms with E-state index < -0.39 is 11.6 Å². The summed E-state index contributed by atoms with van der Waals surface area (Å²) in [6.45, 7) is 2.06. The molecule has 0 heterocycles. The maximum Gasteiger partial charge on any atom is 0.159 e. The molecule has 0 saturated heterocycles. The average molecular weight is 372 g/mol. The van der Waals surface area contributed by atoms with E-state index in [1.165, 1.54) is 17.8 Å². The molecule has 0 radical (unpaired) electrons. The van der Waals surface area contributed by atoms with E-state index in [0.29, 0.717) is 4.90 Å². The third-order valence-electron chi connectivity index (χ3n) is 3.16. The van der Waals surface area contributed by atoms with Crippen LogP contribution in [0, 0.1) is 11.6 Å². The number of halogens is 3. The summed E-state index contributed by atoms with van der Waals surface area (Å²) in [5.74, 6) is -1.66. The molecule has 0 aliphatic heterocycles. The lowest BCUT2D eigenvalue weighted by atomic mass is 10.1. The highest BCUT2D eigenvalue weighted by Gasteiger charge is 2.08. The minimum atomic E-state index is -0.829. The largest absolute Gasteiger partial charge is 0.327 e. The number of hydrogen-bond acceptors (Lipinski definition) is 2. The highest BCUT2D eigenvalue weighted by Crippen LogP contribution is 2.32. The van der Waals surface area contributed by atoms with Gasteiger partial charge in [-0.15, -0.1) is 0 Å². The zero-order valence-electron chi connectivity index (χ0n) is 11.6. The van der Waals surface area contributed by atoms with Gasteiger partial charge in [0.15, 0.2) is 11.6 Å². The summed E-state index contributed by atoms with van der Waals surface area (Å²) in [7, 11) is 0. The molecule has 0 aliphatic rings. The molecular formula is C16H16BrF2NS. The van der Waals surface area contributed by atoms with E-state index in [4.69, 9.17) is 5.73 Å². The van der Waals surface area contributed by atoms with Crippen molar-refractivity contribution in [2.75, 3.05) is 0 Å². The predicted molar refractivity (Wildman–Crippen MR) is 86.6 cm³/mol. The van der Waals surface area contributed by atoms with Crippen molar-refractivity contribution in [1.82, 2.24) is 0 Å². The van der Waals surface area contributed by atoms with Crippen molar-refractivity contribution in [3.8, 4) is 0 Å². The molecule has 2 aromatic rings. The van der Waals surface area contributed by atoms with Crippen LogP contribution in [0.15, 0.2) is 50.7 Å². The van der Waals surface area contributed by atoms with Crippen molar-refractivity contribution in [3.63, 3.8) is 0 Å². The van der Waals surface area contributed by atoms with Crippen LogP contribution in [-0.2, 0) is 6.42 Å². The van der Waals surface area contributed by atoms with Gasteiger partial charge >= 0.3 is 0 Å². The number of benzene rings is 2. The van der Waals surface area contributed by atoms with E-state index >= 15 is 0 Å². The fraction of sp³-hybridized carbons (Fsp3) is 0.250. The zero-order chi connectivity index (χ0) is 15.4. The van der Waals surface area contributed by atoms with Crippen LogP contribution in [0.25, 0.3) is 0 Å². The zero-order valence-corrected chi connectivity index (χ0v) is 14.0. The summed E-state index contributed by atoms with van der Waals surface area (Å²) in [6, 6.07) is 10.0.